The summed E-state index contributed by atoms with van der Waals surface area (Å²) in [5, 5.41) is 0. The third-order valence-electron chi connectivity index (χ3n) is 4.27. The number of nitrogens with zero attached hydrogens (tertiary/aromatic N) is 3. The molecule has 1 aromatic heterocycles. The van der Waals surface area contributed by atoms with Crippen LogP contribution in [0.25, 0.3) is 0 Å². The van der Waals surface area contributed by atoms with Crippen molar-refractivity contribution >= 4 is 5.69 Å². The summed E-state index contributed by atoms with van der Waals surface area (Å²) in [4.78, 5) is 9.47. The zero-order valence-electron chi connectivity index (χ0n) is 10.8. The van der Waals surface area contributed by atoms with Crippen LogP contribution < -0.4 is 4.90 Å². The van der Waals surface area contributed by atoms with Crippen molar-refractivity contribution < 1.29 is 0 Å². The Balaban J connectivity index is 1.79. The summed E-state index contributed by atoms with van der Waals surface area (Å²) in [7, 11) is 2.24. The highest BCUT2D eigenvalue weighted by Crippen LogP contribution is 2.34. The molecule has 2 aliphatic heterocycles. The highest BCUT2D eigenvalue weighted by molar-refractivity contribution is 5.47. The number of rotatable bonds is 1. The van der Waals surface area contributed by atoms with Gasteiger partial charge in [0.15, 0.2) is 0 Å². The van der Waals surface area contributed by atoms with Gasteiger partial charge in [0, 0.05) is 24.8 Å². The van der Waals surface area contributed by atoms with Crippen molar-refractivity contribution in [3.8, 4) is 0 Å². The maximum Gasteiger partial charge on any atom is 0.0555 e. The summed E-state index contributed by atoms with van der Waals surface area (Å²) >= 11 is 0. The van der Waals surface area contributed by atoms with Crippen LogP contribution in [-0.4, -0.2) is 42.6 Å². The molecule has 17 heavy (non-hydrogen) atoms. The summed E-state index contributed by atoms with van der Waals surface area (Å²) in [6.45, 7) is 5.75. The molecule has 2 fully saturated rings. The topological polar surface area (TPSA) is 19.4 Å². The predicted octanol–water partition coefficient (Wildman–Crippen LogP) is 1.92. The number of hydrogen-bond donors (Lipinski definition) is 0. The van der Waals surface area contributed by atoms with E-state index in [0.29, 0.717) is 0 Å². The van der Waals surface area contributed by atoms with Crippen LogP contribution in [0.4, 0.5) is 5.69 Å². The lowest BCUT2D eigenvalue weighted by Crippen LogP contribution is -2.44. The highest BCUT2D eigenvalue weighted by Gasteiger charge is 2.37. The predicted molar refractivity (Wildman–Crippen MR) is 70.3 cm³/mol. The standard InChI is InChI=1S/C14H21N3/c1-11-3-4-13(9-15-11)17-8-5-12-10-16(2)7-6-14(12)17/h3-4,9,12,14H,5-8,10H2,1-2H3/t12-,14?/m1/s1. The Kier molecular flexibility index (Phi) is 2.79. The summed E-state index contributed by atoms with van der Waals surface area (Å²) in [5.74, 6) is 0.857. The number of hydrogen-bond acceptors (Lipinski definition) is 3. The molecule has 0 spiro atoms. The molecule has 2 saturated heterocycles. The van der Waals surface area contributed by atoms with Gasteiger partial charge in [-0.3, -0.25) is 4.98 Å². The van der Waals surface area contributed by atoms with Crippen molar-refractivity contribution in [3.05, 3.63) is 24.0 Å². The van der Waals surface area contributed by atoms with Gasteiger partial charge in [-0.05, 0) is 51.4 Å². The third-order valence-corrected chi connectivity index (χ3v) is 4.27. The van der Waals surface area contributed by atoms with Crippen LogP contribution in [0.15, 0.2) is 18.3 Å². The Morgan fingerprint density at radius 2 is 2.12 bits per heavy atom. The molecule has 3 rings (SSSR count). The van der Waals surface area contributed by atoms with E-state index in [1.54, 1.807) is 0 Å². The minimum Gasteiger partial charge on any atom is -0.367 e. The maximum absolute atomic E-state index is 4.42. The molecule has 1 aromatic rings. The third kappa shape index (κ3) is 2.04. The minimum atomic E-state index is 0.746. The normalized spacial score (nSPS) is 29.4. The van der Waals surface area contributed by atoms with E-state index in [9.17, 15) is 0 Å². The van der Waals surface area contributed by atoms with Crippen LogP contribution in [0.5, 0.6) is 0 Å². The van der Waals surface area contributed by atoms with E-state index in [0.717, 1.165) is 17.7 Å². The molecule has 3 nitrogen and oxygen atoms in total. The minimum absolute atomic E-state index is 0.746. The van der Waals surface area contributed by atoms with E-state index in [-0.39, 0.29) is 0 Å². The quantitative estimate of drug-likeness (QED) is 0.736. The molecule has 0 aromatic carbocycles. The van der Waals surface area contributed by atoms with E-state index in [1.807, 2.05) is 13.1 Å². The van der Waals surface area contributed by atoms with Crippen LogP contribution in [0.3, 0.4) is 0 Å². The summed E-state index contributed by atoms with van der Waals surface area (Å²) in [6, 6.07) is 5.09. The molecule has 92 valence electrons. The number of fused-ring (bicyclic) bond motifs is 1. The Morgan fingerprint density at radius 3 is 2.88 bits per heavy atom. The largest absolute Gasteiger partial charge is 0.367 e. The smallest absolute Gasteiger partial charge is 0.0555 e. The number of aromatic nitrogens is 1. The monoisotopic (exact) mass is 231 g/mol. The second kappa shape index (κ2) is 4.30. The van der Waals surface area contributed by atoms with Gasteiger partial charge >= 0.3 is 0 Å². The van der Waals surface area contributed by atoms with Gasteiger partial charge in [-0.25, -0.2) is 0 Å². The summed E-state index contributed by atoms with van der Waals surface area (Å²) in [6.07, 6.45) is 4.67. The van der Waals surface area contributed by atoms with E-state index in [4.69, 9.17) is 0 Å². The molecule has 2 aliphatic rings. The Bertz CT molecular complexity index is 387. The van der Waals surface area contributed by atoms with Gasteiger partial charge in [0.2, 0.25) is 0 Å². The van der Waals surface area contributed by atoms with E-state index in [1.165, 1.54) is 38.2 Å². The second-order valence-electron chi connectivity index (χ2n) is 5.52. The van der Waals surface area contributed by atoms with Gasteiger partial charge < -0.3 is 9.80 Å². The van der Waals surface area contributed by atoms with Crippen molar-refractivity contribution in [1.29, 1.82) is 0 Å². The van der Waals surface area contributed by atoms with Crippen molar-refractivity contribution in [2.24, 2.45) is 5.92 Å². The van der Waals surface area contributed by atoms with E-state index >= 15 is 0 Å². The average molecular weight is 231 g/mol. The SMILES string of the molecule is Cc1ccc(N2CC[C@@H]3CN(C)CCC32)cn1. The highest BCUT2D eigenvalue weighted by atomic mass is 15.2. The maximum atomic E-state index is 4.42. The molecule has 0 bridgehead atoms. The van der Waals surface area contributed by atoms with Gasteiger partial charge in [-0.15, -0.1) is 0 Å². The van der Waals surface area contributed by atoms with Gasteiger partial charge in [-0.2, -0.15) is 0 Å². The number of pyridine rings is 1. The van der Waals surface area contributed by atoms with E-state index in [2.05, 4.69) is 34.0 Å². The molecule has 0 N–H and O–H groups in total. The van der Waals surface area contributed by atoms with Gasteiger partial charge in [0.1, 0.15) is 0 Å². The number of likely N-dealkylation sites (tertiary alicyclic amines) is 1. The molecule has 1 unspecified atom stereocenters. The lowest BCUT2D eigenvalue weighted by atomic mass is 9.93. The van der Waals surface area contributed by atoms with E-state index < -0.39 is 0 Å². The Labute approximate surface area is 103 Å². The zero-order valence-corrected chi connectivity index (χ0v) is 10.8. The average Bonchev–Trinajstić information content (AvgIpc) is 2.73. The van der Waals surface area contributed by atoms with Crippen molar-refractivity contribution in [2.75, 3.05) is 31.6 Å². The van der Waals surface area contributed by atoms with Crippen LogP contribution >= 0.6 is 0 Å². The Hall–Kier alpha value is -1.09. The lowest BCUT2D eigenvalue weighted by molar-refractivity contribution is 0.202. The first-order valence-electron chi connectivity index (χ1n) is 6.62. The van der Waals surface area contributed by atoms with Crippen LogP contribution in [-0.2, 0) is 0 Å². The molecular formula is C14H21N3. The fourth-order valence-corrected chi connectivity index (χ4v) is 3.32. The van der Waals surface area contributed by atoms with Gasteiger partial charge in [-0.1, -0.05) is 0 Å². The number of anilines is 1. The van der Waals surface area contributed by atoms with Crippen LogP contribution in [0, 0.1) is 12.8 Å². The van der Waals surface area contributed by atoms with Gasteiger partial charge in [0.05, 0.1) is 11.9 Å². The molecule has 3 heterocycles. The first-order valence-corrected chi connectivity index (χ1v) is 6.62. The fraction of sp³-hybridized carbons (Fsp3) is 0.643. The molecule has 2 atom stereocenters. The van der Waals surface area contributed by atoms with Gasteiger partial charge in [0.25, 0.3) is 0 Å². The fourth-order valence-electron chi connectivity index (χ4n) is 3.32. The number of aryl methyl sites for hydroxylation is 1. The van der Waals surface area contributed by atoms with Crippen LogP contribution in [0.1, 0.15) is 18.5 Å². The molecule has 0 amide bonds. The van der Waals surface area contributed by atoms with Crippen molar-refractivity contribution in [3.63, 3.8) is 0 Å². The lowest BCUT2D eigenvalue weighted by Gasteiger charge is -2.37. The molecule has 3 heteroatoms. The Morgan fingerprint density at radius 1 is 1.24 bits per heavy atom. The molecular weight excluding hydrogens is 210 g/mol. The van der Waals surface area contributed by atoms with Crippen molar-refractivity contribution in [2.45, 2.75) is 25.8 Å². The zero-order chi connectivity index (χ0) is 11.8. The second-order valence-corrected chi connectivity index (χ2v) is 5.52. The summed E-state index contributed by atoms with van der Waals surface area (Å²) in [5.41, 5.74) is 2.42. The van der Waals surface area contributed by atoms with Crippen LogP contribution in [0.2, 0.25) is 0 Å². The molecule has 0 aliphatic carbocycles. The van der Waals surface area contributed by atoms with Crippen molar-refractivity contribution in [1.82, 2.24) is 9.88 Å². The first kappa shape index (κ1) is 11.0. The number of piperidine rings is 1. The summed E-state index contributed by atoms with van der Waals surface area (Å²) < 4.78 is 0. The molecule has 0 radical (unpaired) electrons. The molecule has 0 saturated carbocycles. The first-order chi connectivity index (χ1) is 8.24.